The smallest absolute Gasteiger partial charge is 0.0472 e. The highest BCUT2D eigenvalue weighted by Gasteiger charge is 2.13. The van der Waals surface area contributed by atoms with E-state index in [-0.39, 0.29) is 0 Å². The molecule has 0 unspecified atom stereocenters. The van der Waals surface area contributed by atoms with Crippen molar-refractivity contribution >= 4 is 24.0 Å². The fourth-order valence-electron chi connectivity index (χ4n) is 2.42. The van der Waals surface area contributed by atoms with Gasteiger partial charge in [0.25, 0.3) is 0 Å². The summed E-state index contributed by atoms with van der Waals surface area (Å²) in [5.74, 6) is 0. The Labute approximate surface area is 125 Å². The third-order valence-corrected chi connectivity index (χ3v) is 3.61. The van der Waals surface area contributed by atoms with Crippen molar-refractivity contribution < 1.29 is 0 Å². The van der Waals surface area contributed by atoms with Gasteiger partial charge in [-0.2, -0.15) is 0 Å². The second-order valence-corrected chi connectivity index (χ2v) is 5.32. The Morgan fingerprint density at radius 1 is 0.850 bits per heavy atom. The van der Waals surface area contributed by atoms with E-state index >= 15 is 0 Å². The van der Waals surface area contributed by atoms with Gasteiger partial charge < -0.3 is 4.90 Å². The molecule has 3 rings (SSSR count). The number of para-hydroxylation sites is 1. The van der Waals surface area contributed by atoms with Gasteiger partial charge in [0.2, 0.25) is 0 Å². The molecule has 1 nitrogen and oxygen atoms in total. The molecule has 0 saturated carbocycles. The van der Waals surface area contributed by atoms with E-state index in [1.807, 2.05) is 18.2 Å². The second-order valence-electron chi connectivity index (χ2n) is 4.80. The number of rotatable bonds is 3. The lowest BCUT2D eigenvalue weighted by molar-refractivity contribution is 0.996. The first-order chi connectivity index (χ1) is 9.84. The molecule has 0 N–H and O–H groups in total. The molecular weight excluding hydrogens is 262 g/mol. The number of allylic oxidation sites excluding steroid dienone is 3. The predicted molar refractivity (Wildman–Crippen MR) is 88.7 cm³/mol. The summed E-state index contributed by atoms with van der Waals surface area (Å²) in [5.41, 5.74) is 3.53. The zero-order chi connectivity index (χ0) is 13.8. The Kier molecular flexibility index (Phi) is 3.93. The normalized spacial score (nSPS) is 13.9. The van der Waals surface area contributed by atoms with Crippen molar-refractivity contribution in [2.45, 2.75) is 17.7 Å². The van der Waals surface area contributed by atoms with E-state index in [2.05, 4.69) is 72.2 Å². The third kappa shape index (κ3) is 2.81. The maximum absolute atomic E-state index is 4.46. The predicted octanol–water partition coefficient (Wildman–Crippen LogP) is 5.35. The van der Waals surface area contributed by atoms with E-state index in [1.165, 1.54) is 11.4 Å². The summed E-state index contributed by atoms with van der Waals surface area (Å²) < 4.78 is 0. The van der Waals surface area contributed by atoms with Crippen LogP contribution in [0.4, 0.5) is 11.4 Å². The van der Waals surface area contributed by atoms with Crippen molar-refractivity contribution in [3.05, 3.63) is 78.5 Å². The van der Waals surface area contributed by atoms with Gasteiger partial charge in [0.15, 0.2) is 0 Å². The molecule has 2 heteroatoms. The topological polar surface area (TPSA) is 3.24 Å². The second kappa shape index (κ2) is 6.02. The summed E-state index contributed by atoms with van der Waals surface area (Å²) in [7, 11) is 0. The quantitative estimate of drug-likeness (QED) is 0.741. The number of hydrogen-bond acceptors (Lipinski definition) is 2. The number of nitrogens with zero attached hydrogens (tertiary/aromatic N) is 1. The molecule has 0 saturated heterocycles. The zero-order valence-electron chi connectivity index (χ0n) is 11.2. The summed E-state index contributed by atoms with van der Waals surface area (Å²) in [4.78, 5) is 3.25. The van der Waals surface area contributed by atoms with Crippen molar-refractivity contribution in [3.8, 4) is 0 Å². The first-order valence-electron chi connectivity index (χ1n) is 6.85. The van der Waals surface area contributed by atoms with Gasteiger partial charge >= 0.3 is 0 Å². The average molecular weight is 279 g/mol. The van der Waals surface area contributed by atoms with Crippen LogP contribution in [0.1, 0.15) is 12.8 Å². The lowest BCUT2D eigenvalue weighted by Gasteiger charge is -2.27. The van der Waals surface area contributed by atoms with Gasteiger partial charge in [-0.15, -0.1) is 12.6 Å². The summed E-state index contributed by atoms with van der Waals surface area (Å²) in [6.45, 7) is 0. The van der Waals surface area contributed by atoms with Gasteiger partial charge in [0, 0.05) is 22.0 Å². The Hall–Kier alpha value is -1.93. The number of hydrogen-bond donors (Lipinski definition) is 1. The van der Waals surface area contributed by atoms with Gasteiger partial charge in [-0.3, -0.25) is 0 Å². The standard InChI is InChI=1S/C18H17NS/c20-18-13-7-12-17(14-18)19(15-8-3-1-4-9-15)16-10-5-2-6-11-16/h1,3-5,7-14,20H,2,6H2. The van der Waals surface area contributed by atoms with Crippen LogP contribution in [0, 0.1) is 0 Å². The van der Waals surface area contributed by atoms with Crippen LogP contribution < -0.4 is 4.90 Å². The lowest BCUT2D eigenvalue weighted by Crippen LogP contribution is -2.16. The minimum atomic E-state index is 0.976. The van der Waals surface area contributed by atoms with Crippen LogP contribution in [-0.4, -0.2) is 0 Å². The van der Waals surface area contributed by atoms with Crippen LogP contribution in [0.3, 0.4) is 0 Å². The fraction of sp³-hybridized carbons (Fsp3) is 0.111. The summed E-state index contributed by atoms with van der Waals surface area (Å²) in [6, 6.07) is 18.7. The van der Waals surface area contributed by atoms with E-state index in [9.17, 15) is 0 Å². The van der Waals surface area contributed by atoms with Crippen LogP contribution in [0.5, 0.6) is 0 Å². The summed E-state index contributed by atoms with van der Waals surface area (Å²) in [5, 5.41) is 0. The van der Waals surface area contributed by atoms with E-state index in [1.54, 1.807) is 0 Å². The minimum absolute atomic E-state index is 0.976. The Morgan fingerprint density at radius 3 is 2.35 bits per heavy atom. The molecule has 0 atom stereocenters. The molecule has 0 radical (unpaired) electrons. The number of anilines is 2. The fourth-order valence-corrected chi connectivity index (χ4v) is 2.64. The molecule has 1 aliphatic carbocycles. The molecule has 2 aromatic carbocycles. The van der Waals surface area contributed by atoms with Crippen LogP contribution >= 0.6 is 12.6 Å². The first kappa shape index (κ1) is 13.1. The maximum Gasteiger partial charge on any atom is 0.0472 e. The highest BCUT2D eigenvalue weighted by atomic mass is 32.1. The molecule has 0 fully saturated rings. The molecule has 0 aromatic heterocycles. The Balaban J connectivity index is 2.08. The van der Waals surface area contributed by atoms with Gasteiger partial charge in [-0.25, -0.2) is 0 Å². The highest BCUT2D eigenvalue weighted by Crippen LogP contribution is 2.32. The summed E-state index contributed by atoms with van der Waals surface area (Å²) in [6.07, 6.45) is 8.93. The molecule has 0 spiro atoms. The molecule has 2 aromatic rings. The van der Waals surface area contributed by atoms with Crippen molar-refractivity contribution in [2.24, 2.45) is 0 Å². The van der Waals surface area contributed by atoms with E-state index in [4.69, 9.17) is 0 Å². The molecule has 0 heterocycles. The molecule has 0 amide bonds. The number of thiol groups is 1. The van der Waals surface area contributed by atoms with Crippen molar-refractivity contribution in [1.29, 1.82) is 0 Å². The third-order valence-electron chi connectivity index (χ3n) is 3.34. The molecule has 1 aliphatic rings. The summed E-state index contributed by atoms with van der Waals surface area (Å²) >= 11 is 4.46. The van der Waals surface area contributed by atoms with Crippen molar-refractivity contribution in [1.82, 2.24) is 0 Å². The average Bonchev–Trinajstić information content (AvgIpc) is 2.50. The SMILES string of the molecule is Sc1cccc(N(C2=CCCC=C2)c2ccccc2)c1. The maximum atomic E-state index is 4.46. The largest absolute Gasteiger partial charge is 0.311 e. The van der Waals surface area contributed by atoms with Crippen LogP contribution in [-0.2, 0) is 0 Å². The van der Waals surface area contributed by atoms with Crippen LogP contribution in [0.2, 0.25) is 0 Å². The Morgan fingerprint density at radius 2 is 1.65 bits per heavy atom. The Bertz CT molecular complexity index is 643. The lowest BCUT2D eigenvalue weighted by atomic mass is 10.1. The number of benzene rings is 2. The van der Waals surface area contributed by atoms with Crippen molar-refractivity contribution in [3.63, 3.8) is 0 Å². The monoisotopic (exact) mass is 279 g/mol. The van der Waals surface area contributed by atoms with Gasteiger partial charge in [-0.1, -0.05) is 36.4 Å². The molecule has 0 aliphatic heterocycles. The van der Waals surface area contributed by atoms with Gasteiger partial charge in [-0.05, 0) is 49.2 Å². The molecule has 20 heavy (non-hydrogen) atoms. The van der Waals surface area contributed by atoms with E-state index < -0.39 is 0 Å². The van der Waals surface area contributed by atoms with Crippen LogP contribution in [0.25, 0.3) is 0 Å². The molecule has 100 valence electrons. The zero-order valence-corrected chi connectivity index (χ0v) is 12.1. The van der Waals surface area contributed by atoms with Crippen molar-refractivity contribution in [2.75, 3.05) is 4.90 Å². The minimum Gasteiger partial charge on any atom is -0.311 e. The van der Waals surface area contributed by atoms with Gasteiger partial charge in [0.1, 0.15) is 0 Å². The van der Waals surface area contributed by atoms with Crippen LogP contribution in [0.15, 0.2) is 83.4 Å². The molecular formula is C18H17NS. The van der Waals surface area contributed by atoms with E-state index in [0.717, 1.165) is 23.4 Å². The first-order valence-corrected chi connectivity index (χ1v) is 7.30. The van der Waals surface area contributed by atoms with Gasteiger partial charge in [0.05, 0.1) is 0 Å². The molecule has 0 bridgehead atoms. The van der Waals surface area contributed by atoms with E-state index in [0.29, 0.717) is 0 Å². The highest BCUT2D eigenvalue weighted by molar-refractivity contribution is 7.80.